The standard InChI is InChI=1S/C14H26N2O4/c1-10(2)14(20)15-12-7-11(4-6-17)8-16(9-12)5-3-13(18)19/h10-12,17H,3-9H2,1-2H3,(H,15,20)(H,18,19). The molecule has 1 rings (SSSR count). The van der Waals surface area contributed by atoms with Crippen molar-refractivity contribution < 1.29 is 19.8 Å². The van der Waals surface area contributed by atoms with Gasteiger partial charge in [0.25, 0.3) is 0 Å². The van der Waals surface area contributed by atoms with Gasteiger partial charge >= 0.3 is 5.97 Å². The van der Waals surface area contributed by atoms with Gasteiger partial charge in [-0.2, -0.15) is 0 Å². The van der Waals surface area contributed by atoms with Crippen LogP contribution >= 0.6 is 0 Å². The van der Waals surface area contributed by atoms with E-state index >= 15 is 0 Å². The first kappa shape index (κ1) is 16.9. The van der Waals surface area contributed by atoms with Gasteiger partial charge in [-0.05, 0) is 18.8 Å². The fraction of sp³-hybridized carbons (Fsp3) is 0.857. The lowest BCUT2D eigenvalue weighted by Crippen LogP contribution is -2.52. The number of amides is 1. The Hall–Kier alpha value is -1.14. The highest BCUT2D eigenvalue weighted by molar-refractivity contribution is 5.78. The van der Waals surface area contributed by atoms with E-state index in [9.17, 15) is 9.59 Å². The molecule has 6 heteroatoms. The highest BCUT2D eigenvalue weighted by Crippen LogP contribution is 2.20. The van der Waals surface area contributed by atoms with Gasteiger partial charge in [-0.3, -0.25) is 9.59 Å². The maximum absolute atomic E-state index is 11.8. The molecule has 0 aliphatic carbocycles. The van der Waals surface area contributed by atoms with Crippen LogP contribution < -0.4 is 5.32 Å². The molecule has 0 spiro atoms. The lowest BCUT2D eigenvalue weighted by molar-refractivity contribution is -0.137. The second kappa shape index (κ2) is 8.21. The van der Waals surface area contributed by atoms with Gasteiger partial charge in [0.1, 0.15) is 0 Å². The maximum Gasteiger partial charge on any atom is 0.304 e. The topological polar surface area (TPSA) is 89.9 Å². The van der Waals surface area contributed by atoms with Gasteiger partial charge in [-0.15, -0.1) is 0 Å². The third kappa shape index (κ3) is 5.88. The monoisotopic (exact) mass is 286 g/mol. The number of aliphatic hydroxyl groups excluding tert-OH is 1. The number of rotatable bonds is 7. The van der Waals surface area contributed by atoms with Gasteiger partial charge < -0.3 is 20.4 Å². The fourth-order valence-corrected chi connectivity index (χ4v) is 2.60. The quantitative estimate of drug-likeness (QED) is 0.626. The number of carbonyl (C=O) groups is 2. The van der Waals surface area contributed by atoms with E-state index in [-0.39, 0.29) is 30.9 Å². The van der Waals surface area contributed by atoms with Crippen LogP contribution in [0.25, 0.3) is 0 Å². The molecule has 0 aromatic heterocycles. The number of hydrogen-bond acceptors (Lipinski definition) is 4. The predicted molar refractivity (Wildman–Crippen MR) is 75.3 cm³/mol. The second-order valence-corrected chi connectivity index (χ2v) is 5.88. The predicted octanol–water partition coefficient (Wildman–Crippen LogP) is 0.306. The number of hydrogen-bond donors (Lipinski definition) is 3. The lowest BCUT2D eigenvalue weighted by Gasteiger charge is -2.38. The molecule has 0 aromatic rings. The summed E-state index contributed by atoms with van der Waals surface area (Å²) < 4.78 is 0. The zero-order valence-corrected chi connectivity index (χ0v) is 12.3. The molecule has 1 aliphatic heterocycles. The van der Waals surface area contributed by atoms with Crippen molar-refractivity contribution in [2.75, 3.05) is 26.2 Å². The van der Waals surface area contributed by atoms with Crippen LogP contribution in [-0.4, -0.2) is 59.3 Å². The van der Waals surface area contributed by atoms with E-state index in [1.54, 1.807) is 0 Å². The van der Waals surface area contributed by atoms with Crippen molar-refractivity contribution in [3.05, 3.63) is 0 Å². The molecule has 2 atom stereocenters. The lowest BCUT2D eigenvalue weighted by atomic mass is 9.91. The van der Waals surface area contributed by atoms with Gasteiger partial charge in [0.15, 0.2) is 0 Å². The maximum atomic E-state index is 11.8. The second-order valence-electron chi connectivity index (χ2n) is 5.88. The molecule has 20 heavy (non-hydrogen) atoms. The number of carbonyl (C=O) groups excluding carboxylic acids is 1. The Morgan fingerprint density at radius 1 is 1.35 bits per heavy atom. The van der Waals surface area contributed by atoms with Gasteiger partial charge in [0.05, 0.1) is 6.42 Å². The summed E-state index contributed by atoms with van der Waals surface area (Å²) in [5.41, 5.74) is 0. The summed E-state index contributed by atoms with van der Waals surface area (Å²) in [5, 5.41) is 20.9. The number of nitrogens with one attached hydrogen (secondary N) is 1. The molecule has 1 saturated heterocycles. The molecule has 1 aliphatic rings. The van der Waals surface area contributed by atoms with Crippen LogP contribution in [0.2, 0.25) is 0 Å². The molecule has 1 heterocycles. The summed E-state index contributed by atoms with van der Waals surface area (Å²) in [5.74, 6) is -0.532. The zero-order valence-electron chi connectivity index (χ0n) is 12.3. The first-order chi connectivity index (χ1) is 9.42. The minimum absolute atomic E-state index is 0.0258. The van der Waals surface area contributed by atoms with E-state index < -0.39 is 5.97 Å². The van der Waals surface area contributed by atoms with Crippen molar-refractivity contribution in [2.24, 2.45) is 11.8 Å². The van der Waals surface area contributed by atoms with E-state index in [0.717, 1.165) is 13.0 Å². The van der Waals surface area contributed by atoms with Crippen molar-refractivity contribution in [1.29, 1.82) is 0 Å². The summed E-state index contributed by atoms with van der Waals surface area (Å²) in [6.07, 6.45) is 1.65. The summed E-state index contributed by atoms with van der Waals surface area (Å²) >= 11 is 0. The molecular formula is C14H26N2O4. The van der Waals surface area contributed by atoms with E-state index in [1.165, 1.54) is 0 Å². The highest BCUT2D eigenvalue weighted by atomic mass is 16.4. The normalized spacial score (nSPS) is 23.8. The molecule has 6 nitrogen and oxygen atoms in total. The van der Waals surface area contributed by atoms with Gasteiger partial charge in [-0.25, -0.2) is 0 Å². The average Bonchev–Trinajstić information content (AvgIpc) is 2.36. The van der Waals surface area contributed by atoms with Gasteiger partial charge in [0, 0.05) is 38.2 Å². The molecule has 0 aromatic carbocycles. The van der Waals surface area contributed by atoms with Crippen LogP contribution in [0.5, 0.6) is 0 Å². The van der Waals surface area contributed by atoms with E-state index in [0.29, 0.717) is 25.4 Å². The Morgan fingerprint density at radius 2 is 2.05 bits per heavy atom. The zero-order chi connectivity index (χ0) is 15.1. The molecule has 0 radical (unpaired) electrons. The SMILES string of the molecule is CC(C)C(=O)NC1CC(CCO)CN(CCC(=O)O)C1. The van der Waals surface area contributed by atoms with Crippen molar-refractivity contribution >= 4 is 11.9 Å². The first-order valence-electron chi connectivity index (χ1n) is 7.27. The van der Waals surface area contributed by atoms with Crippen LogP contribution in [0.4, 0.5) is 0 Å². The molecule has 1 amide bonds. The largest absolute Gasteiger partial charge is 0.481 e. The number of piperidine rings is 1. The minimum Gasteiger partial charge on any atom is -0.481 e. The van der Waals surface area contributed by atoms with Crippen LogP contribution in [0.15, 0.2) is 0 Å². The third-order valence-electron chi connectivity index (χ3n) is 3.66. The average molecular weight is 286 g/mol. The number of likely N-dealkylation sites (tertiary alicyclic amines) is 1. The minimum atomic E-state index is -0.808. The van der Waals surface area contributed by atoms with Crippen LogP contribution in [0.1, 0.15) is 33.1 Å². The van der Waals surface area contributed by atoms with Crippen molar-refractivity contribution in [2.45, 2.75) is 39.2 Å². The number of nitrogens with zero attached hydrogens (tertiary/aromatic N) is 1. The van der Waals surface area contributed by atoms with Crippen LogP contribution in [0.3, 0.4) is 0 Å². The Kier molecular flexibility index (Phi) is 6.95. The Labute approximate surface area is 120 Å². The highest BCUT2D eigenvalue weighted by Gasteiger charge is 2.28. The van der Waals surface area contributed by atoms with E-state index in [2.05, 4.69) is 10.2 Å². The molecule has 1 fully saturated rings. The van der Waals surface area contributed by atoms with Gasteiger partial charge in [0.2, 0.25) is 5.91 Å². The molecule has 3 N–H and O–H groups in total. The molecule has 0 bridgehead atoms. The first-order valence-corrected chi connectivity index (χ1v) is 7.27. The van der Waals surface area contributed by atoms with E-state index in [4.69, 9.17) is 10.2 Å². The van der Waals surface area contributed by atoms with Gasteiger partial charge in [-0.1, -0.05) is 13.8 Å². The molecule has 0 saturated carbocycles. The van der Waals surface area contributed by atoms with Crippen molar-refractivity contribution in [1.82, 2.24) is 10.2 Å². The van der Waals surface area contributed by atoms with Crippen molar-refractivity contribution in [3.8, 4) is 0 Å². The van der Waals surface area contributed by atoms with E-state index in [1.807, 2.05) is 13.8 Å². The van der Waals surface area contributed by atoms with Crippen molar-refractivity contribution in [3.63, 3.8) is 0 Å². The number of carboxylic acids is 1. The van der Waals surface area contributed by atoms with Crippen LogP contribution in [-0.2, 0) is 9.59 Å². The Morgan fingerprint density at radius 3 is 2.60 bits per heavy atom. The number of aliphatic hydroxyl groups is 1. The fourth-order valence-electron chi connectivity index (χ4n) is 2.60. The summed E-state index contributed by atoms with van der Waals surface area (Å²) in [6, 6.07) is 0.0454. The number of carboxylic acid groups (broad SMARTS) is 1. The molecule has 2 unspecified atom stereocenters. The Balaban J connectivity index is 2.55. The van der Waals surface area contributed by atoms with Crippen LogP contribution in [0, 0.1) is 11.8 Å². The summed E-state index contributed by atoms with van der Waals surface area (Å²) in [7, 11) is 0. The smallest absolute Gasteiger partial charge is 0.304 e. The third-order valence-corrected chi connectivity index (χ3v) is 3.66. The summed E-state index contributed by atoms with van der Waals surface area (Å²) in [6.45, 7) is 5.81. The summed E-state index contributed by atoms with van der Waals surface area (Å²) in [4.78, 5) is 24.5. The Bertz CT molecular complexity index is 333. The number of aliphatic carboxylic acids is 1. The molecule has 116 valence electrons. The molecular weight excluding hydrogens is 260 g/mol.